The van der Waals surface area contributed by atoms with Crippen LogP contribution in [0.25, 0.3) is 0 Å². The molecule has 0 atom stereocenters. The predicted octanol–water partition coefficient (Wildman–Crippen LogP) is 3.03. The van der Waals surface area contributed by atoms with Crippen LogP contribution in [-0.2, 0) is 17.6 Å². The van der Waals surface area contributed by atoms with Crippen molar-refractivity contribution < 1.29 is 4.79 Å². The van der Waals surface area contributed by atoms with Crippen LogP contribution in [0.15, 0.2) is 18.2 Å². The van der Waals surface area contributed by atoms with E-state index in [0.717, 1.165) is 22.6 Å². The minimum atomic E-state index is 0.178. The smallest absolute Gasteiger partial charge is 0.134 e. The van der Waals surface area contributed by atoms with E-state index in [4.69, 9.17) is 11.6 Å². The van der Waals surface area contributed by atoms with Gasteiger partial charge in [-0.3, -0.25) is 4.79 Å². The van der Waals surface area contributed by atoms with E-state index in [1.54, 1.807) is 6.92 Å². The summed E-state index contributed by atoms with van der Waals surface area (Å²) in [6, 6.07) is 5.72. The van der Waals surface area contributed by atoms with Crippen LogP contribution in [0.2, 0.25) is 5.02 Å². The molecule has 70 valence electrons. The number of Topliss-reactive ketones (excluding diaryl/α,β-unsaturated/α-hetero) is 1. The molecule has 1 aromatic carbocycles. The zero-order valence-corrected chi connectivity index (χ0v) is 8.69. The molecule has 0 fully saturated rings. The molecule has 0 unspecified atom stereocenters. The van der Waals surface area contributed by atoms with Gasteiger partial charge < -0.3 is 0 Å². The van der Waals surface area contributed by atoms with Gasteiger partial charge in [-0.15, -0.1) is 0 Å². The maximum absolute atomic E-state index is 10.9. The van der Waals surface area contributed by atoms with Crippen LogP contribution in [-0.4, -0.2) is 5.78 Å². The van der Waals surface area contributed by atoms with Crippen molar-refractivity contribution in [2.75, 3.05) is 0 Å². The van der Waals surface area contributed by atoms with E-state index in [-0.39, 0.29) is 5.78 Å². The average Bonchev–Trinajstić information content (AvgIpc) is 2.03. The molecule has 2 heteroatoms. The molecule has 1 rings (SSSR count). The van der Waals surface area contributed by atoms with E-state index >= 15 is 0 Å². The SMILES string of the molecule is CCc1c(Cl)cccc1CC(C)=O. The second-order valence-corrected chi connectivity index (χ2v) is 3.52. The molecule has 0 saturated heterocycles. The summed E-state index contributed by atoms with van der Waals surface area (Å²) in [5.41, 5.74) is 2.15. The van der Waals surface area contributed by atoms with Crippen LogP contribution in [0.3, 0.4) is 0 Å². The summed E-state index contributed by atoms with van der Waals surface area (Å²) < 4.78 is 0. The highest BCUT2D eigenvalue weighted by atomic mass is 35.5. The van der Waals surface area contributed by atoms with E-state index in [0.29, 0.717) is 6.42 Å². The van der Waals surface area contributed by atoms with Crippen LogP contribution < -0.4 is 0 Å². The first-order valence-electron chi connectivity index (χ1n) is 4.40. The summed E-state index contributed by atoms with van der Waals surface area (Å²) in [5.74, 6) is 0.178. The van der Waals surface area contributed by atoms with Crippen molar-refractivity contribution in [3.63, 3.8) is 0 Å². The number of halogens is 1. The summed E-state index contributed by atoms with van der Waals surface area (Å²) in [6.45, 7) is 3.64. The van der Waals surface area contributed by atoms with Gasteiger partial charge in [-0.05, 0) is 30.5 Å². The fourth-order valence-corrected chi connectivity index (χ4v) is 1.76. The molecular weight excluding hydrogens is 184 g/mol. The van der Waals surface area contributed by atoms with Gasteiger partial charge in [0.15, 0.2) is 0 Å². The summed E-state index contributed by atoms with van der Waals surface area (Å²) >= 11 is 6.00. The first-order chi connectivity index (χ1) is 6.15. The fraction of sp³-hybridized carbons (Fsp3) is 0.364. The lowest BCUT2D eigenvalue weighted by molar-refractivity contribution is -0.116. The minimum absolute atomic E-state index is 0.178. The first-order valence-corrected chi connectivity index (χ1v) is 4.78. The van der Waals surface area contributed by atoms with Crippen molar-refractivity contribution in [3.05, 3.63) is 34.3 Å². The highest BCUT2D eigenvalue weighted by Crippen LogP contribution is 2.21. The Morgan fingerprint density at radius 2 is 2.15 bits per heavy atom. The fourth-order valence-electron chi connectivity index (χ4n) is 1.43. The summed E-state index contributed by atoms with van der Waals surface area (Å²) in [4.78, 5) is 10.9. The second-order valence-electron chi connectivity index (χ2n) is 3.11. The molecule has 0 heterocycles. The molecule has 0 N–H and O–H groups in total. The van der Waals surface area contributed by atoms with Gasteiger partial charge in [0.05, 0.1) is 0 Å². The zero-order valence-electron chi connectivity index (χ0n) is 7.93. The van der Waals surface area contributed by atoms with E-state index < -0.39 is 0 Å². The molecule has 1 nitrogen and oxygen atoms in total. The number of rotatable bonds is 3. The molecule has 0 aliphatic rings. The van der Waals surface area contributed by atoms with Crippen molar-refractivity contribution in [2.45, 2.75) is 26.7 Å². The van der Waals surface area contributed by atoms with Gasteiger partial charge in [0, 0.05) is 11.4 Å². The van der Waals surface area contributed by atoms with Gasteiger partial charge in [0.25, 0.3) is 0 Å². The summed E-state index contributed by atoms with van der Waals surface area (Å²) in [6.07, 6.45) is 1.37. The predicted molar refractivity (Wildman–Crippen MR) is 55.2 cm³/mol. The quantitative estimate of drug-likeness (QED) is 0.727. The first kappa shape index (κ1) is 10.3. The molecule has 0 bridgehead atoms. The lowest BCUT2D eigenvalue weighted by Gasteiger charge is -2.07. The Labute approximate surface area is 83.7 Å². The second kappa shape index (κ2) is 4.43. The van der Waals surface area contributed by atoms with E-state index in [9.17, 15) is 4.79 Å². The summed E-state index contributed by atoms with van der Waals surface area (Å²) in [7, 11) is 0. The number of hydrogen-bond donors (Lipinski definition) is 0. The molecular formula is C11H13ClO. The normalized spacial score (nSPS) is 10.1. The van der Waals surface area contributed by atoms with E-state index in [1.807, 2.05) is 25.1 Å². The molecule has 0 amide bonds. The Kier molecular flexibility index (Phi) is 3.49. The number of carbonyl (C=O) groups excluding carboxylic acids is 1. The molecule has 1 aromatic rings. The third-order valence-corrected chi connectivity index (χ3v) is 2.36. The Morgan fingerprint density at radius 1 is 1.46 bits per heavy atom. The van der Waals surface area contributed by atoms with Crippen molar-refractivity contribution in [1.29, 1.82) is 0 Å². The van der Waals surface area contributed by atoms with Crippen LogP contribution in [0.5, 0.6) is 0 Å². The molecule has 0 aliphatic carbocycles. The number of hydrogen-bond acceptors (Lipinski definition) is 1. The molecule has 0 saturated carbocycles. The minimum Gasteiger partial charge on any atom is -0.300 e. The maximum Gasteiger partial charge on any atom is 0.134 e. The third-order valence-electron chi connectivity index (χ3n) is 2.01. The molecule has 0 aliphatic heterocycles. The molecule has 0 radical (unpaired) electrons. The highest BCUT2D eigenvalue weighted by molar-refractivity contribution is 6.31. The van der Waals surface area contributed by atoms with Crippen molar-refractivity contribution >= 4 is 17.4 Å². The number of carbonyl (C=O) groups is 1. The van der Waals surface area contributed by atoms with Crippen LogP contribution in [0.4, 0.5) is 0 Å². The van der Waals surface area contributed by atoms with Gasteiger partial charge in [0.2, 0.25) is 0 Å². The number of benzene rings is 1. The molecule has 13 heavy (non-hydrogen) atoms. The van der Waals surface area contributed by atoms with Crippen molar-refractivity contribution in [3.8, 4) is 0 Å². The topological polar surface area (TPSA) is 17.1 Å². The Bertz CT molecular complexity index is 318. The van der Waals surface area contributed by atoms with Crippen LogP contribution in [0.1, 0.15) is 25.0 Å². The summed E-state index contributed by atoms with van der Waals surface area (Å²) in [5, 5.41) is 0.765. The van der Waals surface area contributed by atoms with E-state index in [1.165, 1.54) is 0 Å². The van der Waals surface area contributed by atoms with Crippen molar-refractivity contribution in [2.24, 2.45) is 0 Å². The van der Waals surface area contributed by atoms with Gasteiger partial charge in [-0.1, -0.05) is 30.7 Å². The molecule has 0 aromatic heterocycles. The van der Waals surface area contributed by atoms with Gasteiger partial charge in [-0.25, -0.2) is 0 Å². The Morgan fingerprint density at radius 3 is 2.69 bits per heavy atom. The van der Waals surface area contributed by atoms with Crippen LogP contribution >= 0.6 is 11.6 Å². The number of ketones is 1. The van der Waals surface area contributed by atoms with Crippen LogP contribution in [0, 0.1) is 0 Å². The van der Waals surface area contributed by atoms with Gasteiger partial charge in [0.1, 0.15) is 5.78 Å². The maximum atomic E-state index is 10.9. The Balaban J connectivity index is 3.05. The third kappa shape index (κ3) is 2.56. The lowest BCUT2D eigenvalue weighted by atomic mass is 10.0. The zero-order chi connectivity index (χ0) is 9.84. The Hall–Kier alpha value is -0.820. The average molecular weight is 197 g/mol. The van der Waals surface area contributed by atoms with Gasteiger partial charge in [-0.2, -0.15) is 0 Å². The van der Waals surface area contributed by atoms with Gasteiger partial charge >= 0.3 is 0 Å². The molecule has 0 spiro atoms. The lowest BCUT2D eigenvalue weighted by Crippen LogP contribution is -2.00. The monoisotopic (exact) mass is 196 g/mol. The van der Waals surface area contributed by atoms with Crippen molar-refractivity contribution in [1.82, 2.24) is 0 Å². The van der Waals surface area contributed by atoms with E-state index in [2.05, 4.69) is 0 Å². The highest BCUT2D eigenvalue weighted by Gasteiger charge is 2.06. The largest absolute Gasteiger partial charge is 0.300 e. The standard InChI is InChI=1S/C11H13ClO/c1-3-10-9(7-8(2)13)5-4-6-11(10)12/h4-6H,3,7H2,1-2H3.